The van der Waals surface area contributed by atoms with Gasteiger partial charge in [0.25, 0.3) is 0 Å². The normalized spacial score (nSPS) is 20.9. The second kappa shape index (κ2) is 4.57. The Morgan fingerprint density at radius 2 is 1.89 bits per heavy atom. The SMILES string of the molecule is Cc1cccc2c1CC[C@@H]2OS(C)(C)C(C)(C)C. The zero-order chi connectivity index (χ0) is 13.6. The molecular formula is C16H26OS. The van der Waals surface area contributed by atoms with Crippen LogP contribution in [0.15, 0.2) is 18.2 Å². The van der Waals surface area contributed by atoms with Crippen LogP contribution < -0.4 is 0 Å². The van der Waals surface area contributed by atoms with Crippen LogP contribution in [0, 0.1) is 6.92 Å². The molecule has 0 aromatic heterocycles. The van der Waals surface area contributed by atoms with E-state index in [9.17, 15) is 0 Å². The van der Waals surface area contributed by atoms with Crippen molar-refractivity contribution >= 4 is 10.3 Å². The molecule has 1 atom stereocenters. The fraction of sp³-hybridized carbons (Fsp3) is 0.625. The average molecular weight is 266 g/mol. The lowest BCUT2D eigenvalue weighted by atomic mass is 10.0. The van der Waals surface area contributed by atoms with Crippen molar-refractivity contribution in [2.45, 2.75) is 51.4 Å². The van der Waals surface area contributed by atoms with Crippen LogP contribution in [0.3, 0.4) is 0 Å². The maximum absolute atomic E-state index is 6.53. The first-order valence-corrected chi connectivity index (χ1v) is 9.09. The summed E-state index contributed by atoms with van der Waals surface area (Å²) >= 11 is 0. The Labute approximate surface area is 113 Å². The van der Waals surface area contributed by atoms with Crippen LogP contribution in [0.4, 0.5) is 0 Å². The van der Waals surface area contributed by atoms with E-state index in [4.69, 9.17) is 4.18 Å². The Bertz CT molecular complexity index is 443. The number of hydrogen-bond acceptors (Lipinski definition) is 1. The molecule has 2 heteroatoms. The van der Waals surface area contributed by atoms with Crippen LogP contribution in [-0.2, 0) is 10.6 Å². The van der Waals surface area contributed by atoms with Crippen molar-refractivity contribution in [2.24, 2.45) is 0 Å². The molecule has 1 aliphatic rings. The molecule has 1 aromatic carbocycles. The van der Waals surface area contributed by atoms with Crippen LogP contribution in [0.2, 0.25) is 0 Å². The summed E-state index contributed by atoms with van der Waals surface area (Å²) in [5, 5.41) is 0. The van der Waals surface area contributed by atoms with Gasteiger partial charge in [0.05, 0.1) is 6.10 Å². The number of rotatable bonds is 2. The molecule has 1 nitrogen and oxygen atoms in total. The number of aryl methyl sites for hydroxylation is 1. The van der Waals surface area contributed by atoms with E-state index in [2.05, 4.69) is 58.4 Å². The highest BCUT2D eigenvalue weighted by atomic mass is 32.3. The third kappa shape index (κ3) is 2.46. The summed E-state index contributed by atoms with van der Waals surface area (Å²) in [6, 6.07) is 6.62. The fourth-order valence-electron chi connectivity index (χ4n) is 2.33. The minimum absolute atomic E-state index is 0.236. The second-order valence-corrected chi connectivity index (χ2v) is 10.5. The van der Waals surface area contributed by atoms with E-state index >= 15 is 0 Å². The Balaban J connectivity index is 2.23. The largest absolute Gasteiger partial charge is 0.329 e. The molecule has 102 valence electrons. The van der Waals surface area contributed by atoms with Gasteiger partial charge in [0.1, 0.15) is 0 Å². The van der Waals surface area contributed by atoms with Gasteiger partial charge in [-0.2, -0.15) is 0 Å². The maximum Gasteiger partial charge on any atom is 0.0956 e. The topological polar surface area (TPSA) is 9.23 Å². The van der Waals surface area contributed by atoms with Gasteiger partial charge >= 0.3 is 0 Å². The lowest BCUT2D eigenvalue weighted by Crippen LogP contribution is -2.26. The Hall–Kier alpha value is -0.470. The fourth-order valence-corrected chi connectivity index (χ4v) is 3.40. The predicted octanol–water partition coefficient (Wildman–Crippen LogP) is 4.78. The van der Waals surface area contributed by atoms with E-state index < -0.39 is 10.3 Å². The molecular weight excluding hydrogens is 240 g/mol. The van der Waals surface area contributed by atoms with E-state index in [1.54, 1.807) is 0 Å². The predicted molar refractivity (Wildman–Crippen MR) is 82.5 cm³/mol. The zero-order valence-corrected chi connectivity index (χ0v) is 13.4. The molecule has 0 amide bonds. The molecule has 0 saturated heterocycles. The van der Waals surface area contributed by atoms with Gasteiger partial charge in [-0.05, 0) is 49.0 Å². The van der Waals surface area contributed by atoms with E-state index in [0.717, 1.165) is 6.42 Å². The van der Waals surface area contributed by atoms with Crippen LogP contribution in [0.1, 0.15) is 50.0 Å². The molecule has 18 heavy (non-hydrogen) atoms. The molecule has 0 fully saturated rings. The molecule has 0 saturated carbocycles. The molecule has 0 heterocycles. The first kappa shape index (κ1) is 14.0. The third-order valence-corrected chi connectivity index (χ3v) is 7.94. The van der Waals surface area contributed by atoms with Gasteiger partial charge in [0.15, 0.2) is 0 Å². The molecule has 0 aliphatic heterocycles. The van der Waals surface area contributed by atoms with Gasteiger partial charge < -0.3 is 4.18 Å². The first-order chi connectivity index (χ1) is 8.22. The molecule has 0 N–H and O–H groups in total. The van der Waals surface area contributed by atoms with Crippen LogP contribution in [0.5, 0.6) is 0 Å². The average Bonchev–Trinajstić information content (AvgIpc) is 2.61. The summed E-state index contributed by atoms with van der Waals surface area (Å²) in [5.74, 6) is 0. The molecule has 0 unspecified atom stereocenters. The van der Waals surface area contributed by atoms with Gasteiger partial charge in [-0.1, -0.05) is 39.0 Å². The van der Waals surface area contributed by atoms with Crippen molar-refractivity contribution in [3.8, 4) is 0 Å². The minimum atomic E-state index is -1.04. The number of hydrogen-bond donors (Lipinski definition) is 0. The van der Waals surface area contributed by atoms with E-state index in [1.165, 1.54) is 23.1 Å². The second-order valence-electron chi connectivity index (χ2n) is 6.61. The van der Waals surface area contributed by atoms with Crippen molar-refractivity contribution in [1.29, 1.82) is 0 Å². The summed E-state index contributed by atoms with van der Waals surface area (Å²) in [5.41, 5.74) is 4.37. The van der Waals surface area contributed by atoms with E-state index in [-0.39, 0.29) is 4.75 Å². The highest BCUT2D eigenvalue weighted by Gasteiger charge is 2.34. The minimum Gasteiger partial charge on any atom is -0.329 e. The Kier molecular flexibility index (Phi) is 3.54. The van der Waals surface area contributed by atoms with Crippen molar-refractivity contribution in [3.63, 3.8) is 0 Å². The lowest BCUT2D eigenvalue weighted by molar-refractivity contribution is 0.233. The molecule has 0 radical (unpaired) electrons. The van der Waals surface area contributed by atoms with Crippen molar-refractivity contribution in [3.05, 3.63) is 34.9 Å². The third-order valence-electron chi connectivity index (χ3n) is 4.28. The smallest absolute Gasteiger partial charge is 0.0956 e. The van der Waals surface area contributed by atoms with Gasteiger partial charge in [0.2, 0.25) is 0 Å². The van der Waals surface area contributed by atoms with Crippen molar-refractivity contribution in [2.75, 3.05) is 12.5 Å². The molecule has 0 bridgehead atoms. The zero-order valence-electron chi connectivity index (χ0n) is 12.5. The summed E-state index contributed by atoms with van der Waals surface area (Å²) in [4.78, 5) is 0. The maximum atomic E-state index is 6.53. The first-order valence-electron chi connectivity index (χ1n) is 6.72. The summed E-state index contributed by atoms with van der Waals surface area (Å²) < 4.78 is 6.76. The monoisotopic (exact) mass is 266 g/mol. The van der Waals surface area contributed by atoms with E-state index in [0.29, 0.717) is 6.10 Å². The Morgan fingerprint density at radius 1 is 1.22 bits per heavy atom. The van der Waals surface area contributed by atoms with E-state index in [1.807, 2.05) is 0 Å². The van der Waals surface area contributed by atoms with Crippen LogP contribution in [-0.4, -0.2) is 17.3 Å². The van der Waals surface area contributed by atoms with Crippen LogP contribution in [0.25, 0.3) is 0 Å². The molecule has 2 rings (SSSR count). The standard InChI is InChI=1S/C16H26OS/c1-12-8-7-9-14-13(12)10-11-15(14)17-18(5,6)16(2,3)4/h7-9,15H,10-11H2,1-6H3/t15-/m0/s1. The molecule has 1 aliphatic carbocycles. The van der Waals surface area contributed by atoms with Crippen LogP contribution >= 0.6 is 10.3 Å². The lowest BCUT2D eigenvalue weighted by Gasteiger charge is -2.45. The number of benzene rings is 1. The van der Waals surface area contributed by atoms with Crippen molar-refractivity contribution < 1.29 is 4.18 Å². The molecule has 1 aromatic rings. The van der Waals surface area contributed by atoms with Gasteiger partial charge in [0, 0.05) is 4.75 Å². The number of fused-ring (bicyclic) bond motifs is 1. The quantitative estimate of drug-likeness (QED) is 0.748. The summed E-state index contributed by atoms with van der Waals surface area (Å²) in [6.07, 6.45) is 7.21. The Morgan fingerprint density at radius 3 is 2.50 bits per heavy atom. The van der Waals surface area contributed by atoms with Gasteiger partial charge in [-0.15, -0.1) is 10.3 Å². The molecule has 0 spiro atoms. The van der Waals surface area contributed by atoms with Gasteiger partial charge in [-0.3, -0.25) is 0 Å². The van der Waals surface area contributed by atoms with Crippen molar-refractivity contribution in [1.82, 2.24) is 0 Å². The van der Waals surface area contributed by atoms with Gasteiger partial charge in [-0.25, -0.2) is 0 Å². The summed E-state index contributed by atoms with van der Waals surface area (Å²) in [6.45, 7) is 9.07. The summed E-state index contributed by atoms with van der Waals surface area (Å²) in [7, 11) is -1.04. The highest BCUT2D eigenvalue weighted by Crippen LogP contribution is 2.58. The highest BCUT2D eigenvalue weighted by molar-refractivity contribution is 8.29.